The van der Waals surface area contributed by atoms with Gasteiger partial charge >= 0.3 is 0 Å². The summed E-state index contributed by atoms with van der Waals surface area (Å²) in [4.78, 5) is 19.9. The summed E-state index contributed by atoms with van der Waals surface area (Å²) in [6.07, 6.45) is 0.890. The van der Waals surface area contributed by atoms with Gasteiger partial charge in [0.25, 0.3) is 0 Å². The van der Waals surface area contributed by atoms with Gasteiger partial charge in [-0.2, -0.15) is 0 Å². The highest BCUT2D eigenvalue weighted by Gasteiger charge is 2.16. The first-order valence-electron chi connectivity index (χ1n) is 10.4. The van der Waals surface area contributed by atoms with E-state index in [4.69, 9.17) is 9.72 Å². The molecule has 2 heterocycles. The van der Waals surface area contributed by atoms with E-state index in [0.717, 1.165) is 52.4 Å². The maximum absolute atomic E-state index is 12.7. The molecule has 0 atom stereocenters. The standard InChI is InChI=1S/C24H27N3O2S/c1-3-18-15-19-8-6-7-17(2)23(19)26-24(18)30-16-22(28)25-20-9-4-5-10-21(20)27-11-13-29-14-12-27/h4-10,15H,3,11-14,16H2,1-2H3,(H,25,28). The van der Waals surface area contributed by atoms with Crippen molar-refractivity contribution < 1.29 is 9.53 Å². The van der Waals surface area contributed by atoms with Crippen molar-refractivity contribution in [3.05, 3.63) is 59.7 Å². The molecule has 0 unspecified atom stereocenters. The number of para-hydroxylation sites is 3. The van der Waals surface area contributed by atoms with Gasteiger partial charge < -0.3 is 15.0 Å². The molecule has 2 aromatic carbocycles. The Labute approximate surface area is 181 Å². The van der Waals surface area contributed by atoms with Crippen LogP contribution < -0.4 is 10.2 Å². The number of carbonyl (C=O) groups excluding carboxylic acids is 1. The molecule has 4 rings (SSSR count). The molecule has 5 nitrogen and oxygen atoms in total. The van der Waals surface area contributed by atoms with Gasteiger partial charge in [0.2, 0.25) is 5.91 Å². The van der Waals surface area contributed by atoms with Crippen molar-refractivity contribution in [1.29, 1.82) is 0 Å². The summed E-state index contributed by atoms with van der Waals surface area (Å²) in [5.74, 6) is 0.309. The zero-order valence-electron chi connectivity index (χ0n) is 17.5. The van der Waals surface area contributed by atoms with Gasteiger partial charge in [-0.05, 0) is 42.7 Å². The molecule has 30 heavy (non-hydrogen) atoms. The van der Waals surface area contributed by atoms with Gasteiger partial charge in [0.1, 0.15) is 5.03 Å². The van der Waals surface area contributed by atoms with Crippen LogP contribution in [0.15, 0.2) is 53.6 Å². The third-order valence-electron chi connectivity index (χ3n) is 5.34. The summed E-state index contributed by atoms with van der Waals surface area (Å²) in [7, 11) is 0. The molecule has 3 aromatic rings. The van der Waals surface area contributed by atoms with E-state index in [1.165, 1.54) is 17.3 Å². The van der Waals surface area contributed by atoms with E-state index >= 15 is 0 Å². The number of aryl methyl sites for hydroxylation is 2. The first kappa shape index (κ1) is 20.7. The van der Waals surface area contributed by atoms with Gasteiger partial charge in [0, 0.05) is 18.5 Å². The number of rotatable bonds is 6. The Morgan fingerprint density at radius 2 is 1.97 bits per heavy atom. The highest BCUT2D eigenvalue weighted by molar-refractivity contribution is 8.00. The van der Waals surface area contributed by atoms with Crippen LogP contribution in [0.3, 0.4) is 0 Å². The van der Waals surface area contributed by atoms with Gasteiger partial charge in [-0.1, -0.05) is 49.0 Å². The van der Waals surface area contributed by atoms with Crippen LogP contribution in [0, 0.1) is 6.92 Å². The van der Waals surface area contributed by atoms with E-state index in [1.807, 2.05) is 18.2 Å². The fraction of sp³-hybridized carbons (Fsp3) is 0.333. The molecule has 0 bridgehead atoms. The molecule has 1 fully saturated rings. The molecule has 0 saturated carbocycles. The number of nitrogens with zero attached hydrogens (tertiary/aromatic N) is 2. The van der Waals surface area contributed by atoms with Crippen molar-refractivity contribution in [2.24, 2.45) is 0 Å². The second kappa shape index (κ2) is 9.49. The van der Waals surface area contributed by atoms with E-state index in [2.05, 4.69) is 54.4 Å². The second-order valence-corrected chi connectivity index (χ2v) is 8.37. The molecule has 1 amide bonds. The lowest BCUT2D eigenvalue weighted by molar-refractivity contribution is -0.113. The number of ether oxygens (including phenoxy) is 1. The number of hydrogen-bond acceptors (Lipinski definition) is 5. The molecule has 6 heteroatoms. The number of amides is 1. The largest absolute Gasteiger partial charge is 0.378 e. The molecule has 1 aromatic heterocycles. The number of aromatic nitrogens is 1. The van der Waals surface area contributed by atoms with Crippen LogP contribution in [0.5, 0.6) is 0 Å². The highest BCUT2D eigenvalue weighted by Crippen LogP contribution is 2.29. The SMILES string of the molecule is CCc1cc2cccc(C)c2nc1SCC(=O)Nc1ccccc1N1CCOCC1. The van der Waals surface area contributed by atoms with Gasteiger partial charge in [0.15, 0.2) is 0 Å². The molecule has 156 valence electrons. The van der Waals surface area contributed by atoms with Gasteiger partial charge in [-0.25, -0.2) is 4.98 Å². The molecule has 0 radical (unpaired) electrons. The third kappa shape index (κ3) is 4.60. The minimum absolute atomic E-state index is 0.0190. The van der Waals surface area contributed by atoms with Crippen molar-refractivity contribution >= 4 is 39.9 Å². The first-order valence-corrected chi connectivity index (χ1v) is 11.4. The zero-order valence-corrected chi connectivity index (χ0v) is 18.3. The van der Waals surface area contributed by atoms with Gasteiger partial charge in [-0.3, -0.25) is 4.79 Å². The number of thioether (sulfide) groups is 1. The Morgan fingerprint density at radius 3 is 2.77 bits per heavy atom. The summed E-state index contributed by atoms with van der Waals surface area (Å²) in [6.45, 7) is 7.30. The normalized spacial score (nSPS) is 14.1. The quantitative estimate of drug-likeness (QED) is 0.586. The van der Waals surface area contributed by atoms with Crippen molar-refractivity contribution in [2.75, 3.05) is 42.3 Å². The van der Waals surface area contributed by atoms with Crippen LogP contribution in [-0.2, 0) is 16.0 Å². The first-order chi connectivity index (χ1) is 14.7. The minimum atomic E-state index is -0.0190. The van der Waals surface area contributed by atoms with E-state index in [1.54, 1.807) is 0 Å². The van der Waals surface area contributed by atoms with E-state index in [9.17, 15) is 4.79 Å². The Hall–Kier alpha value is -2.57. The number of carbonyl (C=O) groups is 1. The lowest BCUT2D eigenvalue weighted by Crippen LogP contribution is -2.36. The Balaban J connectivity index is 1.48. The van der Waals surface area contributed by atoms with Crippen LogP contribution in [0.25, 0.3) is 10.9 Å². The predicted octanol–water partition coefficient (Wildman–Crippen LogP) is 4.67. The van der Waals surface area contributed by atoms with Crippen LogP contribution >= 0.6 is 11.8 Å². The molecular weight excluding hydrogens is 394 g/mol. The van der Waals surface area contributed by atoms with Gasteiger partial charge in [-0.15, -0.1) is 0 Å². The average Bonchev–Trinajstić information content (AvgIpc) is 2.78. The molecule has 0 aliphatic carbocycles. The highest BCUT2D eigenvalue weighted by atomic mass is 32.2. The fourth-order valence-electron chi connectivity index (χ4n) is 3.73. The van der Waals surface area contributed by atoms with E-state index in [-0.39, 0.29) is 5.91 Å². The van der Waals surface area contributed by atoms with Crippen LogP contribution in [0.4, 0.5) is 11.4 Å². The molecule has 1 N–H and O–H groups in total. The van der Waals surface area contributed by atoms with Gasteiger partial charge in [0.05, 0.1) is 35.9 Å². The molecule has 1 saturated heterocycles. The van der Waals surface area contributed by atoms with E-state index < -0.39 is 0 Å². The minimum Gasteiger partial charge on any atom is -0.378 e. The number of hydrogen-bond donors (Lipinski definition) is 1. The average molecular weight is 422 g/mol. The Kier molecular flexibility index (Phi) is 6.55. The number of fused-ring (bicyclic) bond motifs is 1. The third-order valence-corrected chi connectivity index (χ3v) is 6.37. The van der Waals surface area contributed by atoms with Crippen molar-refractivity contribution in [3.63, 3.8) is 0 Å². The fourth-order valence-corrected chi connectivity index (χ4v) is 4.62. The summed E-state index contributed by atoms with van der Waals surface area (Å²) >= 11 is 1.51. The maximum Gasteiger partial charge on any atom is 0.234 e. The van der Waals surface area contributed by atoms with E-state index in [0.29, 0.717) is 19.0 Å². The Bertz CT molecular complexity index is 1050. The van der Waals surface area contributed by atoms with Crippen molar-refractivity contribution in [2.45, 2.75) is 25.3 Å². The summed E-state index contributed by atoms with van der Waals surface area (Å²) in [5, 5.41) is 5.19. The smallest absolute Gasteiger partial charge is 0.234 e. The zero-order chi connectivity index (χ0) is 20.9. The number of anilines is 2. The number of morpholine rings is 1. The Morgan fingerprint density at radius 1 is 1.17 bits per heavy atom. The predicted molar refractivity (Wildman–Crippen MR) is 125 cm³/mol. The number of nitrogens with one attached hydrogen (secondary N) is 1. The maximum atomic E-state index is 12.7. The lowest BCUT2D eigenvalue weighted by atomic mass is 10.1. The molecule has 0 spiro atoms. The second-order valence-electron chi connectivity index (χ2n) is 7.41. The monoisotopic (exact) mass is 421 g/mol. The molecule has 1 aliphatic heterocycles. The van der Waals surface area contributed by atoms with Crippen LogP contribution in [0.1, 0.15) is 18.1 Å². The summed E-state index contributed by atoms with van der Waals surface area (Å²) in [5.41, 5.74) is 5.24. The van der Waals surface area contributed by atoms with Crippen LogP contribution in [0.2, 0.25) is 0 Å². The van der Waals surface area contributed by atoms with Crippen molar-refractivity contribution in [1.82, 2.24) is 4.98 Å². The van der Waals surface area contributed by atoms with Crippen molar-refractivity contribution in [3.8, 4) is 0 Å². The topological polar surface area (TPSA) is 54.5 Å². The number of benzene rings is 2. The lowest BCUT2D eigenvalue weighted by Gasteiger charge is -2.30. The summed E-state index contributed by atoms with van der Waals surface area (Å²) in [6, 6.07) is 16.4. The molecule has 1 aliphatic rings. The molecular formula is C24H27N3O2S. The summed E-state index contributed by atoms with van der Waals surface area (Å²) < 4.78 is 5.45. The van der Waals surface area contributed by atoms with Crippen LogP contribution in [-0.4, -0.2) is 42.9 Å². The number of pyridine rings is 1.